The molecule has 0 amide bonds. The topological polar surface area (TPSA) is 87.4 Å². The average Bonchev–Trinajstić information content (AvgIpc) is 3.36. The zero-order valence-electron chi connectivity index (χ0n) is 15.5. The van der Waals surface area contributed by atoms with Gasteiger partial charge in [-0.3, -0.25) is 4.99 Å². The summed E-state index contributed by atoms with van der Waals surface area (Å²) >= 11 is 1.50. The summed E-state index contributed by atoms with van der Waals surface area (Å²) in [5, 5.41) is 12.2. The Hall–Kier alpha value is -2.23. The lowest BCUT2D eigenvalue weighted by Gasteiger charge is -2.36. The molecule has 3 heterocycles. The number of hydrogen-bond acceptors (Lipinski definition) is 7. The van der Waals surface area contributed by atoms with E-state index in [1.807, 2.05) is 11.6 Å². The molecule has 0 radical (unpaired) electrons. The quantitative estimate of drug-likeness (QED) is 0.435. The molecule has 1 saturated heterocycles. The highest BCUT2D eigenvalue weighted by Gasteiger charge is 2.21. The van der Waals surface area contributed by atoms with Gasteiger partial charge in [-0.25, -0.2) is 4.98 Å². The van der Waals surface area contributed by atoms with Crippen LogP contribution in [0.25, 0.3) is 0 Å². The van der Waals surface area contributed by atoms with E-state index in [0.717, 1.165) is 75.4 Å². The third kappa shape index (κ3) is 4.90. The van der Waals surface area contributed by atoms with E-state index in [2.05, 4.69) is 46.6 Å². The number of rotatable bonds is 7. The zero-order chi connectivity index (χ0) is 18.2. The van der Waals surface area contributed by atoms with E-state index in [0.29, 0.717) is 0 Å². The van der Waals surface area contributed by atoms with Crippen LogP contribution in [0.1, 0.15) is 25.6 Å². The number of nitrogens with zero attached hydrogens (tertiary/aromatic N) is 8. The van der Waals surface area contributed by atoms with Gasteiger partial charge < -0.3 is 19.7 Å². The summed E-state index contributed by atoms with van der Waals surface area (Å²) < 4.78 is 6.39. The summed E-state index contributed by atoms with van der Waals surface area (Å²) in [4.78, 5) is 13.7. The summed E-state index contributed by atoms with van der Waals surface area (Å²) in [6.07, 6.45) is 6.58. The third-order valence-electron chi connectivity index (χ3n) is 4.43. The first-order valence-electron chi connectivity index (χ1n) is 9.15. The normalized spacial score (nSPS) is 15.5. The van der Waals surface area contributed by atoms with Crippen LogP contribution >= 0.6 is 11.5 Å². The van der Waals surface area contributed by atoms with E-state index in [1.54, 1.807) is 12.7 Å². The molecule has 1 aliphatic rings. The Morgan fingerprint density at radius 3 is 2.62 bits per heavy atom. The van der Waals surface area contributed by atoms with Crippen molar-refractivity contribution in [2.24, 2.45) is 4.99 Å². The molecule has 0 aliphatic carbocycles. The molecule has 26 heavy (non-hydrogen) atoms. The standard InChI is InChI=1S/C16H27N9S/c1-3-14-21-16(26-22-14)25-10-8-24(9-11-25)15(17-2)18-6-4-5-7-23-12-19-20-13-23/h12-13H,3-11H2,1-2H3,(H,17,18). The van der Waals surface area contributed by atoms with Crippen LogP contribution < -0.4 is 10.2 Å². The molecule has 0 bridgehead atoms. The Bertz CT molecular complexity index is 674. The molecule has 1 fully saturated rings. The summed E-state index contributed by atoms with van der Waals surface area (Å²) in [5.41, 5.74) is 0. The van der Waals surface area contributed by atoms with Gasteiger partial charge in [0, 0.05) is 64.3 Å². The van der Waals surface area contributed by atoms with Gasteiger partial charge in [-0.2, -0.15) is 4.37 Å². The van der Waals surface area contributed by atoms with Crippen molar-refractivity contribution in [1.82, 2.24) is 34.3 Å². The van der Waals surface area contributed by atoms with Crippen molar-refractivity contribution in [3.05, 3.63) is 18.5 Å². The maximum Gasteiger partial charge on any atom is 0.205 e. The van der Waals surface area contributed by atoms with E-state index in [4.69, 9.17) is 0 Å². The SMILES string of the molecule is CCc1nsc(N2CCN(C(=NC)NCCCCn3cnnc3)CC2)n1. The molecule has 3 rings (SSSR count). The lowest BCUT2D eigenvalue weighted by atomic mass is 10.3. The number of aliphatic imine (C=N–C) groups is 1. The average molecular weight is 378 g/mol. The second-order valence-corrected chi connectivity index (χ2v) is 6.93. The molecule has 2 aromatic heterocycles. The summed E-state index contributed by atoms with van der Waals surface area (Å²) in [6.45, 7) is 7.76. The summed E-state index contributed by atoms with van der Waals surface area (Å²) in [6, 6.07) is 0. The molecule has 1 aliphatic heterocycles. The molecule has 1 N–H and O–H groups in total. The van der Waals surface area contributed by atoms with Crippen molar-refractivity contribution < 1.29 is 0 Å². The van der Waals surface area contributed by atoms with Crippen LogP contribution in [-0.2, 0) is 13.0 Å². The van der Waals surface area contributed by atoms with Gasteiger partial charge in [-0.1, -0.05) is 6.92 Å². The van der Waals surface area contributed by atoms with E-state index in [-0.39, 0.29) is 0 Å². The van der Waals surface area contributed by atoms with E-state index < -0.39 is 0 Å². The smallest absolute Gasteiger partial charge is 0.205 e. The maximum atomic E-state index is 4.59. The second kappa shape index (κ2) is 9.46. The number of guanidine groups is 1. The Morgan fingerprint density at radius 1 is 1.19 bits per heavy atom. The number of nitrogens with one attached hydrogen (secondary N) is 1. The molecule has 10 heteroatoms. The predicted molar refractivity (Wildman–Crippen MR) is 104 cm³/mol. The Kier molecular flexibility index (Phi) is 6.75. The fourth-order valence-electron chi connectivity index (χ4n) is 2.92. The fraction of sp³-hybridized carbons (Fsp3) is 0.688. The van der Waals surface area contributed by atoms with Gasteiger partial charge in [0.15, 0.2) is 5.96 Å². The third-order valence-corrected chi connectivity index (χ3v) is 5.24. The number of aryl methyl sites for hydroxylation is 2. The van der Waals surface area contributed by atoms with Gasteiger partial charge >= 0.3 is 0 Å². The number of aromatic nitrogens is 5. The van der Waals surface area contributed by atoms with E-state index in [9.17, 15) is 0 Å². The van der Waals surface area contributed by atoms with Crippen molar-refractivity contribution in [3.63, 3.8) is 0 Å². The molecule has 0 unspecified atom stereocenters. The van der Waals surface area contributed by atoms with Crippen molar-refractivity contribution in [3.8, 4) is 0 Å². The molecule has 0 atom stereocenters. The molecule has 9 nitrogen and oxygen atoms in total. The lowest BCUT2D eigenvalue weighted by molar-refractivity contribution is 0.372. The monoisotopic (exact) mass is 377 g/mol. The highest BCUT2D eigenvalue weighted by Crippen LogP contribution is 2.19. The van der Waals surface area contributed by atoms with Crippen LogP contribution in [-0.4, -0.2) is 74.8 Å². The van der Waals surface area contributed by atoms with Crippen molar-refractivity contribution in [1.29, 1.82) is 0 Å². The van der Waals surface area contributed by atoms with Gasteiger partial charge in [-0.05, 0) is 12.8 Å². The molecule has 0 spiro atoms. The largest absolute Gasteiger partial charge is 0.356 e. The Balaban J connectivity index is 1.37. The van der Waals surface area contributed by atoms with Crippen LogP contribution in [0.2, 0.25) is 0 Å². The molecule has 0 saturated carbocycles. The van der Waals surface area contributed by atoms with Crippen molar-refractivity contribution >= 4 is 22.6 Å². The molecule has 142 valence electrons. The first-order chi connectivity index (χ1) is 12.8. The van der Waals surface area contributed by atoms with Crippen molar-refractivity contribution in [2.45, 2.75) is 32.7 Å². The van der Waals surface area contributed by atoms with Crippen LogP contribution in [0.4, 0.5) is 5.13 Å². The molecule has 2 aromatic rings. The van der Waals surface area contributed by atoms with Crippen LogP contribution in [0.15, 0.2) is 17.6 Å². The number of hydrogen-bond donors (Lipinski definition) is 1. The molecule has 0 aromatic carbocycles. The second-order valence-electron chi connectivity index (χ2n) is 6.20. The van der Waals surface area contributed by atoms with Gasteiger partial charge in [0.1, 0.15) is 18.5 Å². The van der Waals surface area contributed by atoms with E-state index in [1.165, 1.54) is 11.5 Å². The number of anilines is 1. The minimum absolute atomic E-state index is 0.893. The maximum absolute atomic E-state index is 4.59. The first kappa shape index (κ1) is 18.6. The highest BCUT2D eigenvalue weighted by molar-refractivity contribution is 7.09. The van der Waals surface area contributed by atoms with Gasteiger partial charge in [-0.15, -0.1) is 10.2 Å². The van der Waals surface area contributed by atoms with Crippen LogP contribution in [0.3, 0.4) is 0 Å². The van der Waals surface area contributed by atoms with Gasteiger partial charge in [0.25, 0.3) is 0 Å². The van der Waals surface area contributed by atoms with E-state index >= 15 is 0 Å². The zero-order valence-corrected chi connectivity index (χ0v) is 16.3. The van der Waals surface area contributed by atoms with Gasteiger partial charge in [0.05, 0.1) is 0 Å². The van der Waals surface area contributed by atoms with Crippen LogP contribution in [0.5, 0.6) is 0 Å². The van der Waals surface area contributed by atoms with Gasteiger partial charge in [0.2, 0.25) is 5.13 Å². The number of piperazine rings is 1. The fourth-order valence-corrected chi connectivity index (χ4v) is 3.72. The number of unbranched alkanes of at least 4 members (excludes halogenated alkanes) is 1. The predicted octanol–water partition coefficient (Wildman–Crippen LogP) is 0.870. The lowest BCUT2D eigenvalue weighted by Crippen LogP contribution is -2.52. The van der Waals surface area contributed by atoms with Crippen molar-refractivity contribution in [2.75, 3.05) is 44.7 Å². The van der Waals surface area contributed by atoms with Crippen LogP contribution in [0, 0.1) is 0 Å². The highest BCUT2D eigenvalue weighted by atomic mass is 32.1. The first-order valence-corrected chi connectivity index (χ1v) is 9.93. The Labute approximate surface area is 158 Å². The summed E-state index contributed by atoms with van der Waals surface area (Å²) in [7, 11) is 1.85. The minimum atomic E-state index is 0.893. The summed E-state index contributed by atoms with van der Waals surface area (Å²) in [5.74, 6) is 1.93. The molecular weight excluding hydrogens is 350 g/mol. The Morgan fingerprint density at radius 2 is 1.96 bits per heavy atom. The minimum Gasteiger partial charge on any atom is -0.356 e. The molecular formula is C16H27N9S.